The fourth-order valence-corrected chi connectivity index (χ4v) is 6.30. The zero-order chi connectivity index (χ0) is 28.4. The second-order valence-corrected chi connectivity index (χ2v) is 11.2. The standard InChI is InChI=1S/C31H42I2N2O4/c1-6-11-15-27-30(25-14-12-13-16-26(25)39-27)31(36)22-17-23(37-28(20-32)34(7-2)8-3)19-24(18-22)38-29(21-33)35(9-4)10-5/h12-14,16-19,28-29H,6-11,15,20-21H2,1-5H3. The van der Waals surface area contributed by atoms with Gasteiger partial charge >= 0.3 is 0 Å². The van der Waals surface area contributed by atoms with Gasteiger partial charge < -0.3 is 13.9 Å². The number of unbranched alkanes of at least 4 members (excludes halogenated alkanes) is 1. The van der Waals surface area contributed by atoms with E-state index < -0.39 is 0 Å². The van der Waals surface area contributed by atoms with Crippen LogP contribution < -0.4 is 9.47 Å². The van der Waals surface area contributed by atoms with Crippen LogP contribution in [0.5, 0.6) is 11.5 Å². The molecule has 2 unspecified atom stereocenters. The molecular formula is C31H42I2N2O4. The highest BCUT2D eigenvalue weighted by Gasteiger charge is 2.25. The third-order valence-corrected chi connectivity index (χ3v) is 8.55. The average Bonchev–Trinajstić information content (AvgIpc) is 3.33. The van der Waals surface area contributed by atoms with Crippen molar-refractivity contribution in [3.8, 4) is 11.5 Å². The van der Waals surface area contributed by atoms with Crippen molar-refractivity contribution < 1.29 is 18.7 Å². The van der Waals surface area contributed by atoms with Gasteiger partial charge in [0.1, 0.15) is 22.8 Å². The molecule has 2 atom stereocenters. The molecule has 1 heterocycles. The number of hydrogen-bond donors (Lipinski definition) is 0. The van der Waals surface area contributed by atoms with Crippen LogP contribution in [0.4, 0.5) is 0 Å². The summed E-state index contributed by atoms with van der Waals surface area (Å²) in [5.41, 5.74) is 1.93. The van der Waals surface area contributed by atoms with Gasteiger partial charge in [0.15, 0.2) is 18.2 Å². The Bertz CT molecular complexity index is 1150. The van der Waals surface area contributed by atoms with Crippen molar-refractivity contribution in [1.82, 2.24) is 9.80 Å². The largest absolute Gasteiger partial charge is 0.474 e. The Kier molecular flexibility index (Phi) is 13.3. The molecule has 6 nitrogen and oxygen atoms in total. The maximum atomic E-state index is 14.2. The first-order valence-corrected chi connectivity index (χ1v) is 17.1. The van der Waals surface area contributed by atoms with E-state index in [1.807, 2.05) is 42.5 Å². The third kappa shape index (κ3) is 8.10. The van der Waals surface area contributed by atoms with Crippen molar-refractivity contribution >= 4 is 61.9 Å². The zero-order valence-corrected chi connectivity index (χ0v) is 28.2. The number of halogens is 2. The Balaban J connectivity index is 2.10. The van der Waals surface area contributed by atoms with Gasteiger partial charge in [0.05, 0.1) is 14.4 Å². The quantitative estimate of drug-likeness (QED) is 0.0603. The molecule has 0 aliphatic heterocycles. The van der Waals surface area contributed by atoms with Crippen molar-refractivity contribution in [2.45, 2.75) is 66.3 Å². The number of fused-ring (bicyclic) bond motifs is 1. The minimum Gasteiger partial charge on any atom is -0.474 e. The summed E-state index contributed by atoms with van der Waals surface area (Å²) in [4.78, 5) is 18.8. The number of furan rings is 1. The molecule has 2 aromatic carbocycles. The van der Waals surface area contributed by atoms with Crippen molar-refractivity contribution in [2.24, 2.45) is 0 Å². The highest BCUT2D eigenvalue weighted by atomic mass is 127. The fourth-order valence-electron chi connectivity index (χ4n) is 4.82. The van der Waals surface area contributed by atoms with Gasteiger partial charge in [-0.15, -0.1) is 0 Å². The van der Waals surface area contributed by atoms with Crippen molar-refractivity contribution in [3.05, 3.63) is 59.4 Å². The van der Waals surface area contributed by atoms with Crippen LogP contribution in [-0.4, -0.2) is 63.1 Å². The van der Waals surface area contributed by atoms with E-state index in [1.54, 1.807) is 0 Å². The molecule has 0 fully saturated rings. The van der Waals surface area contributed by atoms with Gasteiger partial charge in [0, 0.05) is 23.4 Å². The molecule has 3 aromatic rings. The van der Waals surface area contributed by atoms with Gasteiger partial charge in [-0.05, 0) is 50.8 Å². The summed E-state index contributed by atoms with van der Waals surface area (Å²) in [5, 5.41) is 0.851. The van der Waals surface area contributed by atoms with Gasteiger partial charge in [0.2, 0.25) is 0 Å². The number of aryl methyl sites for hydroxylation is 1. The van der Waals surface area contributed by atoms with E-state index in [-0.39, 0.29) is 18.2 Å². The van der Waals surface area contributed by atoms with Gasteiger partial charge in [-0.1, -0.05) is 104 Å². The molecule has 1 aromatic heterocycles. The summed E-state index contributed by atoms with van der Waals surface area (Å²) >= 11 is 4.73. The average molecular weight is 760 g/mol. The number of carbonyl (C=O) groups excluding carboxylic acids is 1. The molecule has 0 bridgehead atoms. The first-order valence-electron chi connectivity index (χ1n) is 14.1. The molecule has 0 N–H and O–H groups in total. The molecule has 0 aliphatic rings. The van der Waals surface area contributed by atoms with E-state index >= 15 is 0 Å². The summed E-state index contributed by atoms with van der Waals surface area (Å²) in [7, 11) is 0. The topological polar surface area (TPSA) is 55.1 Å². The fraction of sp³-hybridized carbons (Fsp3) is 0.516. The number of alkyl halides is 2. The second kappa shape index (κ2) is 16.2. The third-order valence-electron chi connectivity index (χ3n) is 7.04. The molecule has 8 heteroatoms. The smallest absolute Gasteiger partial charge is 0.197 e. The molecule has 0 amide bonds. The number of ketones is 1. The predicted octanol–water partition coefficient (Wildman–Crippen LogP) is 7.97. The monoisotopic (exact) mass is 760 g/mol. The van der Waals surface area contributed by atoms with Crippen LogP contribution in [0.25, 0.3) is 11.0 Å². The van der Waals surface area contributed by atoms with Crippen LogP contribution in [0.1, 0.15) is 69.1 Å². The summed E-state index contributed by atoms with van der Waals surface area (Å²) in [5.74, 6) is 1.96. The van der Waals surface area contributed by atoms with Crippen LogP contribution in [0.3, 0.4) is 0 Å². The Morgan fingerprint density at radius 2 is 1.38 bits per heavy atom. The van der Waals surface area contributed by atoms with Crippen molar-refractivity contribution in [1.29, 1.82) is 0 Å². The number of rotatable bonds is 17. The molecule has 0 spiro atoms. The lowest BCUT2D eigenvalue weighted by atomic mass is 9.98. The lowest BCUT2D eigenvalue weighted by Crippen LogP contribution is -2.41. The highest BCUT2D eigenvalue weighted by molar-refractivity contribution is 14.1. The summed E-state index contributed by atoms with van der Waals surface area (Å²) in [6, 6.07) is 13.4. The Labute approximate surface area is 261 Å². The SMILES string of the molecule is CCCCc1oc2ccccc2c1C(=O)c1cc(OC(CI)N(CC)CC)cc(OC(CI)N(CC)CC)c1. The predicted molar refractivity (Wildman–Crippen MR) is 177 cm³/mol. The molecule has 39 heavy (non-hydrogen) atoms. The molecule has 3 rings (SSSR count). The van der Waals surface area contributed by atoms with E-state index in [9.17, 15) is 4.79 Å². The molecule has 0 radical (unpaired) electrons. The summed E-state index contributed by atoms with van der Waals surface area (Å²) in [6.07, 6.45) is 2.51. The van der Waals surface area contributed by atoms with E-state index in [0.29, 0.717) is 22.6 Å². The van der Waals surface area contributed by atoms with Gasteiger partial charge in [-0.25, -0.2) is 0 Å². The van der Waals surface area contributed by atoms with Crippen LogP contribution in [0.15, 0.2) is 46.9 Å². The Hall–Kier alpha value is -1.37. The minimum absolute atomic E-state index is 0.0657. The lowest BCUT2D eigenvalue weighted by molar-refractivity contribution is 0.0481. The summed E-state index contributed by atoms with van der Waals surface area (Å²) in [6.45, 7) is 14.2. The van der Waals surface area contributed by atoms with E-state index in [2.05, 4.69) is 89.6 Å². The summed E-state index contributed by atoms with van der Waals surface area (Å²) < 4.78 is 20.8. The first-order chi connectivity index (χ1) is 18.9. The number of para-hydroxylation sites is 1. The normalized spacial score (nSPS) is 13.3. The first kappa shape index (κ1) is 32.1. The van der Waals surface area contributed by atoms with Crippen molar-refractivity contribution in [3.63, 3.8) is 0 Å². The number of carbonyl (C=O) groups is 1. The van der Waals surface area contributed by atoms with Crippen molar-refractivity contribution in [2.75, 3.05) is 35.0 Å². The Morgan fingerprint density at radius 3 is 1.87 bits per heavy atom. The minimum atomic E-state index is -0.100. The van der Waals surface area contributed by atoms with E-state index in [0.717, 1.165) is 71.0 Å². The molecular weight excluding hydrogens is 718 g/mol. The van der Waals surface area contributed by atoms with Gasteiger partial charge in [0.25, 0.3) is 0 Å². The molecule has 214 valence electrons. The maximum absolute atomic E-state index is 14.2. The van der Waals surface area contributed by atoms with Crippen LogP contribution in [-0.2, 0) is 6.42 Å². The lowest BCUT2D eigenvalue weighted by Gasteiger charge is -2.30. The van der Waals surface area contributed by atoms with Gasteiger partial charge in [-0.3, -0.25) is 14.6 Å². The number of hydrogen-bond acceptors (Lipinski definition) is 6. The zero-order valence-electron chi connectivity index (χ0n) is 23.8. The molecule has 0 aliphatic carbocycles. The second-order valence-electron chi connectivity index (χ2n) is 9.42. The maximum Gasteiger partial charge on any atom is 0.197 e. The number of nitrogens with zero attached hydrogens (tertiary/aromatic N) is 2. The van der Waals surface area contributed by atoms with Gasteiger partial charge in [-0.2, -0.15) is 0 Å². The van der Waals surface area contributed by atoms with Crippen LogP contribution in [0, 0.1) is 0 Å². The number of ether oxygens (including phenoxy) is 2. The highest BCUT2D eigenvalue weighted by Crippen LogP contribution is 2.33. The van der Waals surface area contributed by atoms with E-state index in [4.69, 9.17) is 13.9 Å². The van der Waals surface area contributed by atoms with Crippen LogP contribution >= 0.6 is 45.2 Å². The van der Waals surface area contributed by atoms with E-state index in [1.165, 1.54) is 0 Å². The molecule has 0 saturated heterocycles. The van der Waals surface area contributed by atoms with Crippen LogP contribution in [0.2, 0.25) is 0 Å². The Morgan fingerprint density at radius 1 is 0.846 bits per heavy atom. The number of benzene rings is 2. The molecule has 0 saturated carbocycles.